The first-order chi connectivity index (χ1) is 16.5. The molecular weight excluding hydrogens is 430 g/mol. The van der Waals surface area contributed by atoms with E-state index < -0.39 is 11.8 Å². The Balaban J connectivity index is 1.36. The molecule has 5 rings (SSSR count). The molecule has 1 atom stereocenters. The standard InChI is InChI=1S/C27H31N3O4/c1-19-7-9-22(10-8-19)26(33)30-23(24(31)28-17-20-5-3-2-4-6-20)18-34-27(30)13-15-29(16-14-27)25(32)21-11-12-21/h2-10,21,23H,11-18H2,1H3,(H,28,31). The van der Waals surface area contributed by atoms with Crippen molar-refractivity contribution in [2.24, 2.45) is 5.92 Å². The minimum absolute atomic E-state index is 0.148. The van der Waals surface area contributed by atoms with Gasteiger partial charge in [-0.1, -0.05) is 48.0 Å². The molecule has 1 spiro atoms. The van der Waals surface area contributed by atoms with Crippen LogP contribution >= 0.6 is 0 Å². The number of amides is 3. The number of ether oxygens (including phenoxy) is 1. The van der Waals surface area contributed by atoms with Crippen LogP contribution < -0.4 is 5.32 Å². The van der Waals surface area contributed by atoms with Gasteiger partial charge in [0, 0.05) is 44.0 Å². The van der Waals surface area contributed by atoms with E-state index in [0.717, 1.165) is 24.0 Å². The zero-order valence-electron chi connectivity index (χ0n) is 19.5. The third-order valence-electron chi connectivity index (χ3n) is 7.17. The van der Waals surface area contributed by atoms with Crippen LogP contribution in [-0.2, 0) is 20.9 Å². The fourth-order valence-electron chi connectivity index (χ4n) is 4.97. The van der Waals surface area contributed by atoms with Gasteiger partial charge in [0.15, 0.2) is 0 Å². The number of rotatable bonds is 5. The highest BCUT2D eigenvalue weighted by Gasteiger charge is 2.54. The summed E-state index contributed by atoms with van der Waals surface area (Å²) in [4.78, 5) is 43.1. The number of aryl methyl sites for hydroxylation is 1. The Morgan fingerprint density at radius 1 is 1.00 bits per heavy atom. The van der Waals surface area contributed by atoms with Gasteiger partial charge in [0.25, 0.3) is 5.91 Å². The Kier molecular flexibility index (Phi) is 6.13. The molecule has 0 radical (unpaired) electrons. The largest absolute Gasteiger partial charge is 0.353 e. The van der Waals surface area contributed by atoms with Gasteiger partial charge in [-0.25, -0.2) is 0 Å². The highest BCUT2D eigenvalue weighted by Crippen LogP contribution is 2.40. The zero-order valence-corrected chi connectivity index (χ0v) is 19.5. The summed E-state index contributed by atoms with van der Waals surface area (Å²) in [7, 11) is 0. The smallest absolute Gasteiger partial charge is 0.256 e. The Morgan fingerprint density at radius 2 is 1.68 bits per heavy atom. The first-order valence-corrected chi connectivity index (χ1v) is 12.1. The SMILES string of the molecule is Cc1ccc(C(=O)N2C(C(=O)NCc3ccccc3)COC23CCN(C(=O)C2CC2)CC3)cc1. The molecule has 0 bridgehead atoms. The monoisotopic (exact) mass is 461 g/mol. The molecule has 2 aromatic rings. The van der Waals surface area contributed by atoms with E-state index in [4.69, 9.17) is 4.74 Å². The van der Waals surface area contributed by atoms with E-state index in [-0.39, 0.29) is 30.2 Å². The average molecular weight is 462 g/mol. The van der Waals surface area contributed by atoms with Crippen molar-refractivity contribution in [3.63, 3.8) is 0 Å². The van der Waals surface area contributed by atoms with Crippen molar-refractivity contribution in [2.75, 3.05) is 19.7 Å². The topological polar surface area (TPSA) is 79.0 Å². The molecule has 1 unspecified atom stereocenters. The number of nitrogens with zero attached hydrogens (tertiary/aromatic N) is 2. The molecular formula is C27H31N3O4. The lowest BCUT2D eigenvalue weighted by Gasteiger charge is -2.44. The third kappa shape index (κ3) is 4.44. The molecule has 2 aromatic carbocycles. The number of hydrogen-bond donors (Lipinski definition) is 1. The summed E-state index contributed by atoms with van der Waals surface area (Å²) in [6, 6.07) is 16.4. The molecule has 7 heteroatoms. The van der Waals surface area contributed by atoms with Crippen molar-refractivity contribution >= 4 is 17.7 Å². The van der Waals surface area contributed by atoms with E-state index in [1.807, 2.05) is 54.3 Å². The van der Waals surface area contributed by atoms with E-state index in [9.17, 15) is 14.4 Å². The molecule has 7 nitrogen and oxygen atoms in total. The van der Waals surface area contributed by atoms with E-state index in [0.29, 0.717) is 38.0 Å². The van der Waals surface area contributed by atoms with Crippen LogP contribution in [0.5, 0.6) is 0 Å². The summed E-state index contributed by atoms with van der Waals surface area (Å²) in [6.45, 7) is 3.58. The first-order valence-electron chi connectivity index (χ1n) is 12.1. The zero-order chi connectivity index (χ0) is 23.7. The van der Waals surface area contributed by atoms with Crippen LogP contribution in [0.15, 0.2) is 54.6 Å². The fraction of sp³-hybridized carbons (Fsp3) is 0.444. The molecule has 2 saturated heterocycles. The van der Waals surface area contributed by atoms with Crippen LogP contribution in [0.25, 0.3) is 0 Å². The van der Waals surface area contributed by atoms with Crippen LogP contribution in [0.4, 0.5) is 0 Å². The Hall–Kier alpha value is -3.19. The molecule has 0 aromatic heterocycles. The predicted octanol–water partition coefficient (Wildman–Crippen LogP) is 2.88. The van der Waals surface area contributed by atoms with Crippen LogP contribution in [-0.4, -0.2) is 59.0 Å². The molecule has 1 aliphatic carbocycles. The van der Waals surface area contributed by atoms with Crippen molar-refractivity contribution in [3.8, 4) is 0 Å². The maximum atomic E-state index is 13.7. The van der Waals surface area contributed by atoms with Gasteiger partial charge in [-0.15, -0.1) is 0 Å². The van der Waals surface area contributed by atoms with Crippen LogP contribution in [0, 0.1) is 12.8 Å². The number of likely N-dealkylation sites (tertiary alicyclic amines) is 1. The van der Waals surface area contributed by atoms with Gasteiger partial charge >= 0.3 is 0 Å². The van der Waals surface area contributed by atoms with E-state index >= 15 is 0 Å². The Morgan fingerprint density at radius 3 is 2.32 bits per heavy atom. The molecule has 3 fully saturated rings. The molecule has 1 saturated carbocycles. The summed E-state index contributed by atoms with van der Waals surface area (Å²) in [5.41, 5.74) is 1.71. The van der Waals surface area contributed by atoms with Gasteiger partial charge in [-0.05, 0) is 37.5 Å². The van der Waals surface area contributed by atoms with Gasteiger partial charge in [0.05, 0.1) is 6.61 Å². The van der Waals surface area contributed by atoms with Crippen LogP contribution in [0.1, 0.15) is 47.2 Å². The summed E-state index contributed by atoms with van der Waals surface area (Å²) in [5, 5.41) is 2.98. The second-order valence-electron chi connectivity index (χ2n) is 9.62. The van der Waals surface area contributed by atoms with Gasteiger partial charge in [-0.2, -0.15) is 0 Å². The van der Waals surface area contributed by atoms with E-state index in [2.05, 4.69) is 5.32 Å². The van der Waals surface area contributed by atoms with Gasteiger partial charge < -0.3 is 15.0 Å². The van der Waals surface area contributed by atoms with Crippen molar-refractivity contribution < 1.29 is 19.1 Å². The average Bonchev–Trinajstić information content (AvgIpc) is 3.66. The Labute approximate surface area is 200 Å². The van der Waals surface area contributed by atoms with Crippen molar-refractivity contribution in [3.05, 3.63) is 71.3 Å². The third-order valence-corrected chi connectivity index (χ3v) is 7.17. The van der Waals surface area contributed by atoms with Crippen molar-refractivity contribution in [2.45, 2.75) is 50.9 Å². The highest BCUT2D eigenvalue weighted by atomic mass is 16.5. The maximum Gasteiger partial charge on any atom is 0.256 e. The fourth-order valence-corrected chi connectivity index (χ4v) is 4.97. The molecule has 1 N–H and O–H groups in total. The molecule has 2 heterocycles. The number of carbonyl (C=O) groups excluding carboxylic acids is 3. The molecule has 3 amide bonds. The summed E-state index contributed by atoms with van der Waals surface area (Å²) >= 11 is 0. The quantitative estimate of drug-likeness (QED) is 0.743. The minimum Gasteiger partial charge on any atom is -0.353 e. The predicted molar refractivity (Wildman–Crippen MR) is 127 cm³/mol. The van der Waals surface area contributed by atoms with Crippen molar-refractivity contribution in [1.82, 2.24) is 15.1 Å². The minimum atomic E-state index is -0.878. The van der Waals surface area contributed by atoms with Crippen LogP contribution in [0.2, 0.25) is 0 Å². The highest BCUT2D eigenvalue weighted by molar-refractivity contribution is 5.98. The number of benzene rings is 2. The lowest BCUT2D eigenvalue weighted by Crippen LogP contribution is -2.59. The lowest BCUT2D eigenvalue weighted by molar-refractivity contribution is -0.144. The van der Waals surface area contributed by atoms with E-state index in [1.54, 1.807) is 17.0 Å². The van der Waals surface area contributed by atoms with Gasteiger partial charge in [0.1, 0.15) is 11.8 Å². The molecule has 178 valence electrons. The Bertz CT molecular complexity index is 1060. The van der Waals surface area contributed by atoms with Gasteiger partial charge in [-0.3, -0.25) is 19.3 Å². The first kappa shape index (κ1) is 22.6. The van der Waals surface area contributed by atoms with E-state index in [1.165, 1.54) is 0 Å². The van der Waals surface area contributed by atoms with Gasteiger partial charge in [0.2, 0.25) is 11.8 Å². The maximum absolute atomic E-state index is 13.7. The van der Waals surface area contributed by atoms with Crippen molar-refractivity contribution in [1.29, 1.82) is 0 Å². The number of nitrogens with one attached hydrogen (secondary N) is 1. The summed E-state index contributed by atoms with van der Waals surface area (Å²) < 4.78 is 6.26. The molecule has 3 aliphatic rings. The number of carbonyl (C=O) groups is 3. The second-order valence-corrected chi connectivity index (χ2v) is 9.62. The molecule has 2 aliphatic heterocycles. The summed E-state index contributed by atoms with van der Waals surface area (Å²) in [5.74, 6) is -0.0567. The summed E-state index contributed by atoms with van der Waals surface area (Å²) in [6.07, 6.45) is 2.95. The lowest BCUT2D eigenvalue weighted by atomic mass is 9.96. The molecule has 34 heavy (non-hydrogen) atoms. The number of hydrogen-bond acceptors (Lipinski definition) is 4. The van der Waals surface area contributed by atoms with Crippen LogP contribution in [0.3, 0.4) is 0 Å². The number of piperidine rings is 1. The normalized spacial score (nSPS) is 21.5. The second kappa shape index (κ2) is 9.22.